The summed E-state index contributed by atoms with van der Waals surface area (Å²) in [4.78, 5) is 26.3. The number of para-hydroxylation sites is 2. The van der Waals surface area contributed by atoms with E-state index in [1.54, 1.807) is 11.3 Å². The summed E-state index contributed by atoms with van der Waals surface area (Å²) < 4.78 is 8.91. The Labute approximate surface area is 229 Å². The Hall–Kier alpha value is -3.67. The summed E-state index contributed by atoms with van der Waals surface area (Å²) in [7, 11) is 0. The van der Waals surface area contributed by atoms with Gasteiger partial charge in [0.25, 0.3) is 5.56 Å². The molecule has 5 heterocycles. The van der Waals surface area contributed by atoms with Gasteiger partial charge in [0.15, 0.2) is 11.0 Å². The molecule has 2 aliphatic rings. The lowest BCUT2D eigenvalue weighted by molar-refractivity contribution is 0.0906. The second kappa shape index (κ2) is 10.1. The third-order valence-electron chi connectivity index (χ3n) is 7.85. The second-order valence-electron chi connectivity index (χ2n) is 10.3. The van der Waals surface area contributed by atoms with Crippen molar-refractivity contribution in [3.05, 3.63) is 75.8 Å². The van der Waals surface area contributed by atoms with Crippen LogP contribution in [0.1, 0.15) is 35.8 Å². The molecule has 5 aromatic rings. The average Bonchev–Trinajstić information content (AvgIpc) is 3.72. The van der Waals surface area contributed by atoms with Gasteiger partial charge in [-0.15, -0.1) is 5.10 Å². The molecule has 0 radical (unpaired) electrons. The van der Waals surface area contributed by atoms with E-state index < -0.39 is 0 Å². The highest BCUT2D eigenvalue weighted by atomic mass is 32.1. The van der Waals surface area contributed by atoms with Crippen molar-refractivity contribution in [2.45, 2.75) is 38.5 Å². The first-order chi connectivity index (χ1) is 19.1. The summed E-state index contributed by atoms with van der Waals surface area (Å²) in [6.45, 7) is 6.46. The molecule has 0 saturated carbocycles. The van der Waals surface area contributed by atoms with Gasteiger partial charge in [0.2, 0.25) is 0 Å². The zero-order valence-corrected chi connectivity index (χ0v) is 22.6. The highest BCUT2D eigenvalue weighted by Crippen LogP contribution is 2.32. The minimum absolute atomic E-state index is 0.0846. The van der Waals surface area contributed by atoms with Gasteiger partial charge < -0.3 is 14.6 Å². The van der Waals surface area contributed by atoms with Gasteiger partial charge in [-0.25, -0.2) is 9.67 Å². The molecule has 0 aliphatic carbocycles. The Kier molecular flexibility index (Phi) is 6.34. The van der Waals surface area contributed by atoms with Crippen LogP contribution in [0.5, 0.6) is 0 Å². The van der Waals surface area contributed by atoms with E-state index in [4.69, 9.17) is 9.72 Å². The van der Waals surface area contributed by atoms with Gasteiger partial charge in [-0.05, 0) is 59.3 Å². The molecule has 0 amide bonds. The lowest BCUT2D eigenvalue weighted by Gasteiger charge is -2.38. The fourth-order valence-corrected chi connectivity index (χ4v) is 6.81. The molecule has 2 fully saturated rings. The molecule has 0 unspecified atom stereocenters. The highest BCUT2D eigenvalue weighted by Gasteiger charge is 2.34. The first-order valence-electron chi connectivity index (χ1n) is 13.5. The molecule has 39 heavy (non-hydrogen) atoms. The van der Waals surface area contributed by atoms with Gasteiger partial charge in [-0.3, -0.25) is 9.69 Å². The average molecular weight is 543 g/mol. The van der Waals surface area contributed by atoms with Crippen LogP contribution in [0.3, 0.4) is 0 Å². The molecule has 2 aliphatic heterocycles. The Morgan fingerprint density at radius 2 is 2.00 bits per heavy atom. The van der Waals surface area contributed by atoms with Crippen LogP contribution in [0.15, 0.2) is 53.3 Å². The quantitative estimate of drug-likeness (QED) is 0.348. The van der Waals surface area contributed by atoms with Crippen LogP contribution in [0, 0.1) is 6.92 Å². The number of rotatable bonds is 6. The van der Waals surface area contributed by atoms with E-state index in [0.29, 0.717) is 17.9 Å². The summed E-state index contributed by atoms with van der Waals surface area (Å²) in [5, 5.41) is 14.9. The van der Waals surface area contributed by atoms with Crippen molar-refractivity contribution in [3.8, 4) is 0 Å². The molecule has 3 aromatic heterocycles. The summed E-state index contributed by atoms with van der Waals surface area (Å²) in [5.74, 6) is 0.677. The summed E-state index contributed by atoms with van der Waals surface area (Å²) in [5.41, 5.74) is 3.49. The highest BCUT2D eigenvalue weighted by molar-refractivity contribution is 7.22. The maximum atomic E-state index is 13.6. The van der Waals surface area contributed by atoms with Crippen molar-refractivity contribution >= 4 is 37.6 Å². The monoisotopic (exact) mass is 542 g/mol. The third kappa shape index (κ3) is 4.60. The Morgan fingerprint density at radius 3 is 2.82 bits per heavy atom. The number of thiazole rings is 1. The predicted octanol–water partition coefficient (Wildman–Crippen LogP) is 3.52. The number of hydrogen-bond donors (Lipinski definition) is 1. The van der Waals surface area contributed by atoms with Gasteiger partial charge in [0.1, 0.15) is 6.04 Å². The van der Waals surface area contributed by atoms with Gasteiger partial charge in [-0.1, -0.05) is 41.7 Å². The summed E-state index contributed by atoms with van der Waals surface area (Å²) >= 11 is 1.72. The second-order valence-corrected chi connectivity index (χ2v) is 11.3. The number of aromatic amines is 1. The largest absolute Gasteiger partial charge is 0.376 e. The van der Waals surface area contributed by atoms with Gasteiger partial charge >= 0.3 is 0 Å². The van der Waals surface area contributed by atoms with Crippen LogP contribution in [0.2, 0.25) is 0 Å². The number of fused-ring (bicyclic) bond motifs is 2. The zero-order valence-electron chi connectivity index (χ0n) is 21.8. The van der Waals surface area contributed by atoms with E-state index in [1.807, 2.05) is 41.9 Å². The normalized spacial score (nSPS) is 19.3. The molecule has 200 valence electrons. The number of anilines is 1. The Bertz CT molecular complexity index is 1650. The molecule has 2 atom stereocenters. The fourth-order valence-electron chi connectivity index (χ4n) is 5.79. The number of H-pyrrole nitrogens is 1. The maximum absolute atomic E-state index is 13.6. The molecular formula is C28H30N8O2S. The molecule has 2 aromatic carbocycles. The van der Waals surface area contributed by atoms with Crippen LogP contribution in [-0.2, 0) is 11.3 Å². The molecule has 7 rings (SSSR count). The lowest BCUT2D eigenvalue weighted by atomic mass is 10.0. The summed E-state index contributed by atoms with van der Waals surface area (Å²) in [6.07, 6.45) is 2.12. The van der Waals surface area contributed by atoms with Gasteiger partial charge in [0.05, 0.1) is 28.4 Å². The van der Waals surface area contributed by atoms with E-state index in [2.05, 4.69) is 48.5 Å². The van der Waals surface area contributed by atoms with Crippen molar-refractivity contribution in [3.63, 3.8) is 0 Å². The van der Waals surface area contributed by atoms with Crippen LogP contribution < -0.4 is 10.5 Å². The molecular weight excluding hydrogens is 512 g/mol. The molecule has 0 spiro atoms. The number of aromatic nitrogens is 6. The van der Waals surface area contributed by atoms with Crippen LogP contribution in [-0.4, -0.2) is 74.0 Å². The third-order valence-corrected chi connectivity index (χ3v) is 8.95. The van der Waals surface area contributed by atoms with E-state index in [9.17, 15) is 4.79 Å². The first kappa shape index (κ1) is 24.4. The molecule has 0 bridgehead atoms. The molecule has 10 nitrogen and oxygen atoms in total. The lowest BCUT2D eigenvalue weighted by Crippen LogP contribution is -2.49. The van der Waals surface area contributed by atoms with Gasteiger partial charge in [-0.2, -0.15) is 0 Å². The SMILES string of the molecule is Cc1cccc2cc([C@@H](c3nnnn3C[C@H]3CCCO3)N3CCN(c4nc5ccccc5s4)CC3)c(=O)[nH]c12. The number of nitrogens with one attached hydrogen (secondary N) is 1. The standard InChI is InChI=1S/C28H30N8O2S/c1-18-6-4-7-19-16-21(27(37)30-24(18)19)25(26-31-32-33-36(26)17-20-8-5-15-38-20)34-11-13-35(14-12-34)28-29-22-9-2-3-10-23(22)39-28/h2-4,6-7,9-10,16,20,25H,5,8,11-15,17H2,1H3,(H,30,37)/t20-,25+/m1/s1. The van der Waals surface area contributed by atoms with Crippen molar-refractivity contribution < 1.29 is 4.74 Å². The van der Waals surface area contributed by atoms with Crippen molar-refractivity contribution in [1.82, 2.24) is 35.1 Å². The molecule has 2 saturated heterocycles. The minimum atomic E-state index is -0.382. The van der Waals surface area contributed by atoms with E-state index >= 15 is 0 Å². The van der Waals surface area contributed by atoms with E-state index in [1.165, 1.54) is 4.70 Å². The van der Waals surface area contributed by atoms with Crippen molar-refractivity contribution in [2.75, 3.05) is 37.7 Å². The number of nitrogens with zero attached hydrogens (tertiary/aromatic N) is 7. The van der Waals surface area contributed by atoms with E-state index in [-0.39, 0.29) is 17.7 Å². The number of tetrazole rings is 1. The topological polar surface area (TPSA) is 105 Å². The van der Waals surface area contributed by atoms with Crippen molar-refractivity contribution in [2.24, 2.45) is 0 Å². The number of hydrogen-bond acceptors (Lipinski definition) is 9. The summed E-state index contributed by atoms with van der Waals surface area (Å²) in [6, 6.07) is 16.0. The minimum Gasteiger partial charge on any atom is -0.376 e. The molecule has 11 heteroatoms. The molecule has 1 N–H and O–H groups in total. The number of benzene rings is 2. The van der Waals surface area contributed by atoms with Crippen molar-refractivity contribution in [1.29, 1.82) is 0 Å². The number of aryl methyl sites for hydroxylation is 1. The fraction of sp³-hybridized carbons (Fsp3) is 0.393. The van der Waals surface area contributed by atoms with Crippen LogP contribution >= 0.6 is 11.3 Å². The van der Waals surface area contributed by atoms with Crippen LogP contribution in [0.25, 0.3) is 21.1 Å². The van der Waals surface area contributed by atoms with Gasteiger partial charge in [0, 0.05) is 38.3 Å². The zero-order chi connectivity index (χ0) is 26.3. The smallest absolute Gasteiger partial charge is 0.253 e. The predicted molar refractivity (Wildman–Crippen MR) is 151 cm³/mol. The number of pyridine rings is 1. The number of piperazine rings is 1. The first-order valence-corrected chi connectivity index (χ1v) is 14.3. The number of ether oxygens (including phenoxy) is 1. The van der Waals surface area contributed by atoms with Crippen LogP contribution in [0.4, 0.5) is 5.13 Å². The Morgan fingerprint density at radius 1 is 1.13 bits per heavy atom. The van der Waals surface area contributed by atoms with E-state index in [0.717, 1.165) is 72.7 Å². The Balaban J connectivity index is 1.24. The maximum Gasteiger partial charge on any atom is 0.253 e.